The van der Waals surface area contributed by atoms with Crippen LogP contribution in [0.1, 0.15) is 34.8 Å². The molecule has 1 aromatic heterocycles. The fraction of sp³-hybridized carbons (Fsp3) is 0.267. The Morgan fingerprint density at radius 2 is 1.95 bits per heavy atom. The Morgan fingerprint density at radius 3 is 2.50 bits per heavy atom. The average Bonchev–Trinajstić information content (AvgIpc) is 2.84. The summed E-state index contributed by atoms with van der Waals surface area (Å²) in [4.78, 5) is 12.2. The van der Waals surface area contributed by atoms with Crippen LogP contribution in [0.3, 0.4) is 0 Å². The second kappa shape index (κ2) is 6.14. The van der Waals surface area contributed by atoms with Crippen LogP contribution in [0.15, 0.2) is 39.6 Å². The van der Waals surface area contributed by atoms with Crippen molar-refractivity contribution in [3.63, 3.8) is 0 Å². The van der Waals surface area contributed by atoms with Gasteiger partial charge in [0.1, 0.15) is 11.5 Å². The molecule has 1 aromatic carbocycles. The molecule has 0 aliphatic rings. The average molecular weight is 342 g/mol. The molecule has 1 N–H and O–H groups in total. The summed E-state index contributed by atoms with van der Waals surface area (Å²) in [5.41, 5.74) is 0.222. The molecule has 5 nitrogen and oxygen atoms in total. The topological polar surface area (TPSA) is 76.4 Å². The van der Waals surface area contributed by atoms with Crippen molar-refractivity contribution < 1.29 is 17.6 Å². The van der Waals surface area contributed by atoms with Gasteiger partial charge in [-0.2, -0.15) is 0 Å². The van der Waals surface area contributed by atoms with Crippen LogP contribution >= 0.6 is 11.6 Å². The van der Waals surface area contributed by atoms with Crippen molar-refractivity contribution >= 4 is 27.3 Å². The summed E-state index contributed by atoms with van der Waals surface area (Å²) in [6.07, 6.45) is 1.05. The van der Waals surface area contributed by atoms with Gasteiger partial charge in [-0.25, -0.2) is 8.42 Å². The van der Waals surface area contributed by atoms with E-state index in [1.165, 1.54) is 18.2 Å². The van der Waals surface area contributed by atoms with Gasteiger partial charge in [0, 0.05) is 11.8 Å². The number of hydrogen-bond donors (Lipinski definition) is 1. The van der Waals surface area contributed by atoms with E-state index < -0.39 is 15.7 Å². The minimum absolute atomic E-state index is 0.0664. The second-order valence-corrected chi connectivity index (χ2v) is 7.45. The summed E-state index contributed by atoms with van der Waals surface area (Å²) in [5.74, 6) is 0.980. The van der Waals surface area contributed by atoms with Gasteiger partial charge in [-0.05, 0) is 44.2 Å². The van der Waals surface area contributed by atoms with Gasteiger partial charge in [-0.15, -0.1) is 0 Å². The van der Waals surface area contributed by atoms with Crippen LogP contribution in [0.2, 0.25) is 5.02 Å². The Kier molecular flexibility index (Phi) is 4.63. The molecule has 0 aliphatic heterocycles. The Labute approximate surface area is 134 Å². The van der Waals surface area contributed by atoms with E-state index in [2.05, 4.69) is 5.32 Å². The molecule has 1 atom stereocenters. The molecule has 2 rings (SSSR count). The molecule has 0 saturated heterocycles. The van der Waals surface area contributed by atoms with E-state index in [0.29, 0.717) is 5.76 Å². The lowest BCUT2D eigenvalue weighted by atomic mass is 10.2. The van der Waals surface area contributed by atoms with E-state index in [4.69, 9.17) is 16.0 Å². The van der Waals surface area contributed by atoms with Crippen molar-refractivity contribution in [3.05, 3.63) is 52.4 Å². The molecule has 0 spiro atoms. The summed E-state index contributed by atoms with van der Waals surface area (Å²) < 4.78 is 28.7. The standard InChI is InChI=1S/C15H16ClNO4S/c1-9-4-7-13(21-9)10(2)17-15(18)11-5-6-12(16)14(8-11)22(3,19)20/h4-8,10H,1-3H3,(H,17,18). The van der Waals surface area contributed by atoms with E-state index in [9.17, 15) is 13.2 Å². The van der Waals surface area contributed by atoms with E-state index in [1.807, 2.05) is 13.0 Å². The molecule has 2 aromatic rings. The second-order valence-electron chi connectivity index (χ2n) is 5.06. The number of carbonyl (C=O) groups excluding carboxylic acids is 1. The van der Waals surface area contributed by atoms with Crippen LogP contribution < -0.4 is 5.32 Å². The van der Waals surface area contributed by atoms with E-state index >= 15 is 0 Å². The molecule has 0 radical (unpaired) electrons. The van der Waals surface area contributed by atoms with Crippen molar-refractivity contribution in [2.75, 3.05) is 6.26 Å². The lowest BCUT2D eigenvalue weighted by Crippen LogP contribution is -2.26. The molecule has 0 saturated carbocycles. The summed E-state index contributed by atoms with van der Waals surface area (Å²) in [7, 11) is -3.50. The Morgan fingerprint density at radius 1 is 1.27 bits per heavy atom. The maximum atomic E-state index is 12.2. The molecule has 7 heteroatoms. The summed E-state index contributed by atoms with van der Waals surface area (Å²) in [6.45, 7) is 3.60. The van der Waals surface area contributed by atoms with Crippen molar-refractivity contribution in [1.29, 1.82) is 0 Å². The number of benzene rings is 1. The predicted octanol–water partition coefficient (Wildman–Crippen LogP) is 3.14. The van der Waals surface area contributed by atoms with Gasteiger partial charge >= 0.3 is 0 Å². The van der Waals surface area contributed by atoms with Gasteiger partial charge in [0.25, 0.3) is 5.91 Å². The number of amides is 1. The zero-order valence-corrected chi connectivity index (χ0v) is 14.0. The zero-order valence-electron chi connectivity index (χ0n) is 12.4. The summed E-state index contributed by atoms with van der Waals surface area (Å²) in [6, 6.07) is 7.40. The monoisotopic (exact) mass is 341 g/mol. The highest BCUT2D eigenvalue weighted by molar-refractivity contribution is 7.90. The van der Waals surface area contributed by atoms with Crippen molar-refractivity contribution in [1.82, 2.24) is 5.32 Å². The zero-order chi connectivity index (χ0) is 16.5. The molecule has 0 aliphatic carbocycles. The van der Waals surface area contributed by atoms with Crippen molar-refractivity contribution in [3.8, 4) is 0 Å². The Hall–Kier alpha value is -1.79. The molecule has 22 heavy (non-hydrogen) atoms. The number of rotatable bonds is 4. The Bertz CT molecular complexity index is 811. The minimum atomic E-state index is -3.50. The minimum Gasteiger partial charge on any atom is -0.464 e. The number of furan rings is 1. The SMILES string of the molecule is Cc1ccc(C(C)NC(=O)c2ccc(Cl)c(S(C)(=O)=O)c2)o1. The summed E-state index contributed by atoms with van der Waals surface area (Å²) >= 11 is 5.86. The lowest BCUT2D eigenvalue weighted by molar-refractivity contribution is 0.0935. The molecule has 118 valence electrons. The highest BCUT2D eigenvalue weighted by Crippen LogP contribution is 2.23. The predicted molar refractivity (Wildman–Crippen MR) is 83.9 cm³/mol. The number of halogens is 1. The number of carbonyl (C=O) groups is 1. The van der Waals surface area contributed by atoms with Crippen molar-refractivity contribution in [2.45, 2.75) is 24.8 Å². The van der Waals surface area contributed by atoms with Crippen LogP contribution in [0, 0.1) is 6.92 Å². The number of hydrogen-bond acceptors (Lipinski definition) is 4. The van der Waals surface area contributed by atoms with E-state index in [0.717, 1.165) is 12.0 Å². The first-order valence-electron chi connectivity index (χ1n) is 6.55. The van der Waals surface area contributed by atoms with Gasteiger partial charge in [-0.3, -0.25) is 4.79 Å². The first-order chi connectivity index (χ1) is 10.2. The smallest absolute Gasteiger partial charge is 0.251 e. The highest BCUT2D eigenvalue weighted by atomic mass is 35.5. The fourth-order valence-corrected chi connectivity index (χ4v) is 3.27. The van der Waals surface area contributed by atoms with E-state index in [-0.39, 0.29) is 21.5 Å². The molecule has 0 fully saturated rings. The van der Waals surface area contributed by atoms with Gasteiger partial charge in [0.05, 0.1) is 16.0 Å². The van der Waals surface area contributed by atoms with Crippen LogP contribution in [-0.4, -0.2) is 20.6 Å². The molecule has 1 amide bonds. The fourth-order valence-electron chi connectivity index (χ4n) is 1.97. The van der Waals surface area contributed by atoms with Crippen LogP contribution in [0.25, 0.3) is 0 Å². The van der Waals surface area contributed by atoms with Crippen LogP contribution in [-0.2, 0) is 9.84 Å². The highest BCUT2D eigenvalue weighted by Gasteiger charge is 2.18. The maximum absolute atomic E-state index is 12.2. The lowest BCUT2D eigenvalue weighted by Gasteiger charge is -2.12. The first-order valence-corrected chi connectivity index (χ1v) is 8.82. The number of aryl methyl sites for hydroxylation is 1. The third kappa shape index (κ3) is 3.69. The Balaban J connectivity index is 2.23. The van der Waals surface area contributed by atoms with Gasteiger partial charge < -0.3 is 9.73 Å². The number of nitrogens with one attached hydrogen (secondary N) is 1. The van der Waals surface area contributed by atoms with E-state index in [1.54, 1.807) is 13.0 Å². The van der Waals surface area contributed by atoms with Gasteiger partial charge in [0.2, 0.25) is 0 Å². The van der Waals surface area contributed by atoms with Crippen LogP contribution in [0.4, 0.5) is 0 Å². The summed E-state index contributed by atoms with van der Waals surface area (Å²) in [5, 5.41) is 2.84. The van der Waals surface area contributed by atoms with Gasteiger partial charge in [-0.1, -0.05) is 11.6 Å². The third-order valence-electron chi connectivity index (χ3n) is 3.13. The molecule has 0 bridgehead atoms. The normalized spacial score (nSPS) is 12.9. The maximum Gasteiger partial charge on any atom is 0.251 e. The molecule has 1 heterocycles. The first kappa shape index (κ1) is 16.6. The molecule has 1 unspecified atom stereocenters. The van der Waals surface area contributed by atoms with Gasteiger partial charge in [0.15, 0.2) is 9.84 Å². The molecular weight excluding hydrogens is 326 g/mol. The van der Waals surface area contributed by atoms with Crippen molar-refractivity contribution in [2.24, 2.45) is 0 Å². The third-order valence-corrected chi connectivity index (χ3v) is 4.71. The number of sulfone groups is 1. The largest absolute Gasteiger partial charge is 0.464 e. The quantitative estimate of drug-likeness (QED) is 0.926. The molecular formula is C15H16ClNO4S. The van der Waals surface area contributed by atoms with Crippen LogP contribution in [0.5, 0.6) is 0 Å².